The molecule has 0 N–H and O–H groups in total. The van der Waals surface area contributed by atoms with Crippen LogP contribution >= 0.6 is 0 Å². The lowest BCUT2D eigenvalue weighted by molar-refractivity contribution is 0.531. The highest BCUT2D eigenvalue weighted by molar-refractivity contribution is 4.50. The molecule has 0 heterocycles. The summed E-state index contributed by atoms with van der Waals surface area (Å²) in [6.45, 7) is 9.17. The van der Waals surface area contributed by atoms with E-state index in [1.165, 1.54) is 193 Å². The fourth-order valence-electron chi connectivity index (χ4n) is 4.89. The van der Waals surface area contributed by atoms with Gasteiger partial charge in [0.05, 0.1) is 0 Å². The highest BCUT2D eigenvalue weighted by Gasteiger charge is 1.94. The molecule has 0 saturated carbocycles. The Morgan fingerprint density at radius 2 is 0.235 bits per heavy atom. The Morgan fingerprint density at radius 1 is 0.147 bits per heavy atom. The van der Waals surface area contributed by atoms with E-state index in [4.69, 9.17) is 0 Å². The molecule has 0 aromatic rings. The largest absolute Gasteiger partial charge is 0.0654 e. The number of hydrogen-bond donors (Lipinski definition) is 0. The zero-order valence-corrected chi connectivity index (χ0v) is 25.2. The zero-order chi connectivity index (χ0) is 25.2. The normalized spacial score (nSPS) is 10.9. The first kappa shape index (κ1) is 36.2. The van der Waals surface area contributed by atoms with Gasteiger partial charge < -0.3 is 0 Å². The third kappa shape index (κ3) is 39.2. The molecule has 0 aliphatic heterocycles. The summed E-state index contributed by atoms with van der Waals surface area (Å²) in [5.74, 6) is 0. The van der Waals surface area contributed by atoms with Crippen LogP contribution in [0.1, 0.15) is 220 Å². The number of hydrogen-bond acceptors (Lipinski definition) is 0. The Balaban J connectivity index is 0. The van der Waals surface area contributed by atoms with Crippen molar-refractivity contribution in [3.05, 3.63) is 0 Å². The van der Waals surface area contributed by atoms with Crippen molar-refractivity contribution in [2.45, 2.75) is 220 Å². The van der Waals surface area contributed by atoms with Crippen molar-refractivity contribution in [1.82, 2.24) is 0 Å². The summed E-state index contributed by atoms with van der Waals surface area (Å²) < 4.78 is 0. The van der Waals surface area contributed by atoms with Crippen LogP contribution in [0.5, 0.6) is 0 Å². The molecule has 0 saturated heterocycles. The van der Waals surface area contributed by atoms with E-state index in [-0.39, 0.29) is 0 Å². The molecule has 0 aliphatic carbocycles. The highest BCUT2D eigenvalue weighted by atomic mass is 14.0. The summed E-state index contributed by atoms with van der Waals surface area (Å²) >= 11 is 0. The van der Waals surface area contributed by atoms with Crippen molar-refractivity contribution >= 4 is 0 Å². The Bertz CT molecular complexity index is 264. The van der Waals surface area contributed by atoms with Gasteiger partial charge in [-0.1, -0.05) is 220 Å². The second-order valence-electron chi connectivity index (χ2n) is 11.2. The lowest BCUT2D eigenvalue weighted by Crippen LogP contribution is -1.83. The molecule has 0 aliphatic rings. The van der Waals surface area contributed by atoms with Crippen molar-refractivity contribution in [3.8, 4) is 0 Å². The van der Waals surface area contributed by atoms with Crippen molar-refractivity contribution < 1.29 is 0 Å². The van der Waals surface area contributed by atoms with E-state index in [0.29, 0.717) is 0 Å². The Labute approximate surface area is 220 Å². The van der Waals surface area contributed by atoms with Gasteiger partial charge in [0.2, 0.25) is 0 Å². The van der Waals surface area contributed by atoms with E-state index in [1.807, 2.05) is 0 Å². The minimum Gasteiger partial charge on any atom is -0.0654 e. The van der Waals surface area contributed by atoms with Gasteiger partial charge in [-0.15, -0.1) is 0 Å². The van der Waals surface area contributed by atoms with Crippen LogP contribution in [-0.4, -0.2) is 0 Å². The summed E-state index contributed by atoms with van der Waals surface area (Å²) in [5.41, 5.74) is 0. The topological polar surface area (TPSA) is 0 Å². The van der Waals surface area contributed by atoms with Crippen LogP contribution < -0.4 is 0 Å². The van der Waals surface area contributed by atoms with E-state index >= 15 is 0 Å². The monoisotopic (exact) mass is 481 g/mol. The molecule has 0 bridgehead atoms. The maximum Gasteiger partial charge on any atom is -0.0533 e. The van der Waals surface area contributed by atoms with Crippen LogP contribution in [0.3, 0.4) is 0 Å². The minimum atomic E-state index is 1.37. The van der Waals surface area contributed by atoms with Gasteiger partial charge in [0.1, 0.15) is 0 Å². The van der Waals surface area contributed by atoms with Crippen LogP contribution in [0.25, 0.3) is 0 Å². The molecule has 0 aromatic carbocycles. The van der Waals surface area contributed by atoms with Gasteiger partial charge in [0.15, 0.2) is 0 Å². The Hall–Kier alpha value is 0. The van der Waals surface area contributed by atoms with E-state index in [2.05, 4.69) is 27.7 Å². The summed E-state index contributed by atoms with van der Waals surface area (Å²) in [5, 5.41) is 0. The molecule has 34 heavy (non-hydrogen) atoms. The van der Waals surface area contributed by atoms with Crippen LogP contribution in [-0.2, 0) is 0 Å². The SMILES string of the molecule is CCCCCCCCCCCCCCCC.CCCCCCCCCCCCCCCCCC. The molecule has 0 heteroatoms. The van der Waals surface area contributed by atoms with Gasteiger partial charge in [-0.2, -0.15) is 0 Å². The van der Waals surface area contributed by atoms with Crippen LogP contribution in [0.15, 0.2) is 0 Å². The lowest BCUT2D eigenvalue weighted by atomic mass is 10.0. The number of rotatable bonds is 28. The first-order valence-corrected chi connectivity index (χ1v) is 16.8. The fraction of sp³-hybridized carbons (Fsp3) is 1.00. The van der Waals surface area contributed by atoms with Gasteiger partial charge in [0.25, 0.3) is 0 Å². The first-order valence-electron chi connectivity index (χ1n) is 16.8. The molecule has 208 valence electrons. The van der Waals surface area contributed by atoms with E-state index in [0.717, 1.165) is 0 Å². The standard InChI is InChI=1S/C18H38.C16H34/c1-3-5-7-9-11-13-15-17-18-16-14-12-10-8-6-4-2;1-3-5-7-9-11-13-15-16-14-12-10-8-6-4-2/h3-18H2,1-2H3;3-16H2,1-2H3. The molecule has 0 rings (SSSR count). The molecule has 0 amide bonds. The van der Waals surface area contributed by atoms with E-state index < -0.39 is 0 Å². The van der Waals surface area contributed by atoms with Crippen molar-refractivity contribution in [1.29, 1.82) is 0 Å². The zero-order valence-electron chi connectivity index (χ0n) is 25.2. The summed E-state index contributed by atoms with van der Waals surface area (Å²) in [7, 11) is 0. The van der Waals surface area contributed by atoms with Gasteiger partial charge in [-0.05, 0) is 0 Å². The second kappa shape index (κ2) is 37.5. The summed E-state index contributed by atoms with van der Waals surface area (Å²) in [6.07, 6.45) is 43.8. The van der Waals surface area contributed by atoms with E-state index in [1.54, 1.807) is 0 Å². The van der Waals surface area contributed by atoms with Crippen molar-refractivity contribution in [3.63, 3.8) is 0 Å². The van der Waals surface area contributed by atoms with Gasteiger partial charge in [-0.3, -0.25) is 0 Å². The predicted octanol–water partition coefficient (Wildman–Crippen LogP) is 13.8. The van der Waals surface area contributed by atoms with Gasteiger partial charge in [-0.25, -0.2) is 0 Å². The second-order valence-corrected chi connectivity index (χ2v) is 11.2. The fourth-order valence-corrected chi connectivity index (χ4v) is 4.89. The maximum atomic E-state index is 2.29. The third-order valence-corrected chi connectivity index (χ3v) is 7.41. The van der Waals surface area contributed by atoms with Crippen LogP contribution in [0.4, 0.5) is 0 Å². The average Bonchev–Trinajstić information content (AvgIpc) is 2.85. The lowest BCUT2D eigenvalue weighted by Gasteiger charge is -2.03. The third-order valence-electron chi connectivity index (χ3n) is 7.41. The highest BCUT2D eigenvalue weighted by Crippen LogP contribution is 2.14. The van der Waals surface area contributed by atoms with Crippen LogP contribution in [0.2, 0.25) is 0 Å². The Morgan fingerprint density at radius 3 is 0.324 bits per heavy atom. The minimum absolute atomic E-state index is 1.37. The summed E-state index contributed by atoms with van der Waals surface area (Å²) in [4.78, 5) is 0. The van der Waals surface area contributed by atoms with Crippen molar-refractivity contribution in [2.24, 2.45) is 0 Å². The van der Waals surface area contributed by atoms with Gasteiger partial charge >= 0.3 is 0 Å². The predicted molar refractivity (Wildman–Crippen MR) is 161 cm³/mol. The smallest absolute Gasteiger partial charge is 0.0533 e. The molecule has 0 spiro atoms. The molecular formula is C34H72. The first-order chi connectivity index (χ1) is 16.8. The molecule has 0 atom stereocenters. The quantitative estimate of drug-likeness (QED) is 0.0976. The molecular weight excluding hydrogens is 408 g/mol. The van der Waals surface area contributed by atoms with Gasteiger partial charge in [0, 0.05) is 0 Å². The van der Waals surface area contributed by atoms with E-state index in [9.17, 15) is 0 Å². The number of unbranched alkanes of at least 4 members (excludes halogenated alkanes) is 28. The molecule has 0 unspecified atom stereocenters. The molecule has 0 radical (unpaired) electrons. The van der Waals surface area contributed by atoms with Crippen molar-refractivity contribution in [2.75, 3.05) is 0 Å². The van der Waals surface area contributed by atoms with Crippen LogP contribution in [0, 0.1) is 0 Å². The maximum absolute atomic E-state index is 2.29. The summed E-state index contributed by atoms with van der Waals surface area (Å²) in [6, 6.07) is 0. The average molecular weight is 481 g/mol. The molecule has 0 fully saturated rings. The molecule has 0 nitrogen and oxygen atoms in total. The Kier molecular flexibility index (Phi) is 39.9. The molecule has 0 aromatic heterocycles.